The van der Waals surface area contributed by atoms with Gasteiger partial charge in [-0.2, -0.15) is 0 Å². The maximum Gasteiger partial charge on any atom is 0.225 e. The van der Waals surface area contributed by atoms with E-state index in [1.165, 1.54) is 38.5 Å². The normalized spacial score (nSPS) is 16.2. The van der Waals surface area contributed by atoms with Gasteiger partial charge in [-0.25, -0.2) is 9.97 Å². The minimum atomic E-state index is 0.282. The Kier molecular flexibility index (Phi) is 8.88. The lowest BCUT2D eigenvalue weighted by Gasteiger charge is -2.27. The van der Waals surface area contributed by atoms with Crippen molar-refractivity contribution >= 4 is 5.95 Å². The lowest BCUT2D eigenvalue weighted by Crippen LogP contribution is -2.44. The van der Waals surface area contributed by atoms with E-state index in [2.05, 4.69) is 34.0 Å². The van der Waals surface area contributed by atoms with Crippen LogP contribution in [0.25, 0.3) is 0 Å². The number of nitrogens with one attached hydrogen (secondary N) is 1. The number of aromatic nitrogens is 2. The van der Waals surface area contributed by atoms with Crippen molar-refractivity contribution in [1.29, 1.82) is 0 Å². The number of unbranched alkanes of at least 4 members (excludes halogenated alkanes) is 5. The van der Waals surface area contributed by atoms with Crippen molar-refractivity contribution < 1.29 is 4.74 Å². The molecule has 1 aromatic rings. The van der Waals surface area contributed by atoms with E-state index in [0.717, 1.165) is 50.7 Å². The van der Waals surface area contributed by atoms with Gasteiger partial charge < -0.3 is 15.0 Å². The van der Waals surface area contributed by atoms with E-state index < -0.39 is 0 Å². The summed E-state index contributed by atoms with van der Waals surface area (Å²) in [6, 6.07) is 0. The zero-order valence-corrected chi connectivity index (χ0v) is 15.5. The molecule has 0 aliphatic carbocycles. The first-order chi connectivity index (χ1) is 11.8. The monoisotopic (exact) mass is 334 g/mol. The molecule has 0 bridgehead atoms. The third-order valence-corrected chi connectivity index (χ3v) is 4.65. The van der Waals surface area contributed by atoms with E-state index in [1.807, 2.05) is 12.4 Å². The van der Waals surface area contributed by atoms with E-state index in [1.54, 1.807) is 0 Å². The summed E-state index contributed by atoms with van der Waals surface area (Å²) in [6.45, 7) is 8.38. The number of hydrogen-bond acceptors (Lipinski definition) is 5. The number of rotatable bonds is 11. The van der Waals surface area contributed by atoms with Gasteiger partial charge in [0.25, 0.3) is 0 Å². The highest BCUT2D eigenvalue weighted by Crippen LogP contribution is 2.18. The molecule has 2 rings (SSSR count). The summed E-state index contributed by atoms with van der Waals surface area (Å²) in [6.07, 6.45) is 14.1. The van der Waals surface area contributed by atoms with E-state index >= 15 is 0 Å². The topological polar surface area (TPSA) is 50.3 Å². The minimum absolute atomic E-state index is 0.282. The van der Waals surface area contributed by atoms with Crippen LogP contribution < -0.4 is 15.0 Å². The van der Waals surface area contributed by atoms with Crippen molar-refractivity contribution in [2.45, 2.75) is 71.3 Å². The van der Waals surface area contributed by atoms with E-state index in [4.69, 9.17) is 4.74 Å². The Morgan fingerprint density at radius 3 is 2.38 bits per heavy atom. The summed E-state index contributed by atoms with van der Waals surface area (Å²) >= 11 is 0. The molecule has 0 spiro atoms. The van der Waals surface area contributed by atoms with Crippen LogP contribution in [0.1, 0.15) is 65.2 Å². The lowest BCUT2D eigenvalue weighted by atomic mass is 10.1. The van der Waals surface area contributed by atoms with Crippen molar-refractivity contribution in [3.63, 3.8) is 0 Å². The summed E-state index contributed by atoms with van der Waals surface area (Å²) in [5.74, 6) is 1.61. The number of anilines is 1. The largest absolute Gasteiger partial charge is 0.487 e. The first-order valence-electron chi connectivity index (χ1n) is 9.77. The van der Waals surface area contributed by atoms with Gasteiger partial charge in [0.05, 0.1) is 18.5 Å². The molecule has 1 saturated heterocycles. The third kappa shape index (κ3) is 6.63. The number of piperazine rings is 1. The fraction of sp³-hybridized carbons (Fsp3) is 0.789. The molecule has 5 heteroatoms. The molecule has 0 aromatic carbocycles. The van der Waals surface area contributed by atoms with Crippen LogP contribution in [0.3, 0.4) is 0 Å². The Hall–Kier alpha value is -1.36. The van der Waals surface area contributed by atoms with Crippen LogP contribution in [-0.2, 0) is 0 Å². The van der Waals surface area contributed by atoms with Gasteiger partial charge in [0.1, 0.15) is 0 Å². The van der Waals surface area contributed by atoms with Crippen molar-refractivity contribution in [2.24, 2.45) is 0 Å². The molecular formula is C19H34N4O. The van der Waals surface area contributed by atoms with Gasteiger partial charge in [-0.3, -0.25) is 0 Å². The molecule has 0 amide bonds. The van der Waals surface area contributed by atoms with E-state index in [9.17, 15) is 0 Å². The molecule has 5 nitrogen and oxygen atoms in total. The predicted octanol–water partition coefficient (Wildman–Crippen LogP) is 3.79. The van der Waals surface area contributed by atoms with E-state index in [0.29, 0.717) is 0 Å². The molecule has 24 heavy (non-hydrogen) atoms. The summed E-state index contributed by atoms with van der Waals surface area (Å²) < 4.78 is 6.08. The molecule has 136 valence electrons. The predicted molar refractivity (Wildman–Crippen MR) is 99.8 cm³/mol. The third-order valence-electron chi connectivity index (χ3n) is 4.65. The molecule has 2 heterocycles. The molecular weight excluding hydrogens is 300 g/mol. The highest BCUT2D eigenvalue weighted by Gasteiger charge is 2.14. The first-order valence-corrected chi connectivity index (χ1v) is 9.77. The molecule has 1 aliphatic heterocycles. The Morgan fingerprint density at radius 1 is 1.04 bits per heavy atom. The zero-order valence-electron chi connectivity index (χ0n) is 15.5. The van der Waals surface area contributed by atoms with Crippen LogP contribution in [0.15, 0.2) is 12.4 Å². The fourth-order valence-electron chi connectivity index (χ4n) is 3.09. The second-order valence-corrected chi connectivity index (χ2v) is 6.66. The van der Waals surface area contributed by atoms with Crippen molar-refractivity contribution in [3.05, 3.63) is 12.4 Å². The summed E-state index contributed by atoms with van der Waals surface area (Å²) in [7, 11) is 0. The number of nitrogens with zero attached hydrogens (tertiary/aromatic N) is 3. The molecule has 1 unspecified atom stereocenters. The highest BCUT2D eigenvalue weighted by atomic mass is 16.5. The maximum atomic E-state index is 6.08. The zero-order chi connectivity index (χ0) is 17.0. The molecule has 1 N–H and O–H groups in total. The van der Waals surface area contributed by atoms with Crippen LogP contribution in [0, 0.1) is 0 Å². The SMILES string of the molecule is CCCCCCCCC(CC)Oc1cnc(N2CCNCC2)nc1. The standard InChI is InChI=1S/C19H34N4O/c1-3-5-6-7-8-9-10-17(4-2)24-18-15-21-19(22-16-18)23-13-11-20-12-14-23/h15-17,20H,3-14H2,1-2H3. The minimum Gasteiger partial charge on any atom is -0.487 e. The molecule has 0 saturated carbocycles. The fourth-order valence-corrected chi connectivity index (χ4v) is 3.09. The molecule has 1 aromatic heterocycles. The summed E-state index contributed by atoms with van der Waals surface area (Å²) in [5.41, 5.74) is 0. The van der Waals surface area contributed by atoms with Crippen LogP contribution in [-0.4, -0.2) is 42.3 Å². The highest BCUT2D eigenvalue weighted by molar-refractivity contribution is 5.32. The Morgan fingerprint density at radius 2 is 1.71 bits per heavy atom. The molecule has 1 fully saturated rings. The smallest absolute Gasteiger partial charge is 0.225 e. The van der Waals surface area contributed by atoms with Gasteiger partial charge in [0.15, 0.2) is 5.75 Å². The van der Waals surface area contributed by atoms with Crippen LogP contribution in [0.2, 0.25) is 0 Å². The van der Waals surface area contributed by atoms with Gasteiger partial charge in [0, 0.05) is 26.2 Å². The Balaban J connectivity index is 1.72. The number of hydrogen-bond donors (Lipinski definition) is 1. The summed E-state index contributed by atoms with van der Waals surface area (Å²) in [5, 5.41) is 3.34. The van der Waals surface area contributed by atoms with Crippen molar-refractivity contribution in [1.82, 2.24) is 15.3 Å². The lowest BCUT2D eigenvalue weighted by molar-refractivity contribution is 0.181. The quantitative estimate of drug-likeness (QED) is 0.624. The average Bonchev–Trinajstić information content (AvgIpc) is 2.65. The second kappa shape index (κ2) is 11.2. The van der Waals surface area contributed by atoms with Gasteiger partial charge in [-0.1, -0.05) is 46.0 Å². The maximum absolute atomic E-state index is 6.08. The van der Waals surface area contributed by atoms with Crippen molar-refractivity contribution in [2.75, 3.05) is 31.1 Å². The summed E-state index contributed by atoms with van der Waals surface area (Å²) in [4.78, 5) is 11.2. The van der Waals surface area contributed by atoms with Gasteiger partial charge in [-0.15, -0.1) is 0 Å². The average molecular weight is 335 g/mol. The Labute approximate surface area is 147 Å². The van der Waals surface area contributed by atoms with Gasteiger partial charge in [0.2, 0.25) is 5.95 Å². The van der Waals surface area contributed by atoms with Crippen LogP contribution in [0.4, 0.5) is 5.95 Å². The van der Waals surface area contributed by atoms with Gasteiger partial charge >= 0.3 is 0 Å². The van der Waals surface area contributed by atoms with Gasteiger partial charge in [-0.05, 0) is 19.3 Å². The molecule has 1 aliphatic rings. The number of ether oxygens (including phenoxy) is 1. The molecule has 1 atom stereocenters. The Bertz CT molecular complexity index is 431. The molecule has 0 radical (unpaired) electrons. The van der Waals surface area contributed by atoms with Crippen LogP contribution in [0.5, 0.6) is 5.75 Å². The second-order valence-electron chi connectivity index (χ2n) is 6.66. The van der Waals surface area contributed by atoms with Crippen LogP contribution >= 0.6 is 0 Å². The van der Waals surface area contributed by atoms with E-state index in [-0.39, 0.29) is 6.10 Å². The first kappa shape index (κ1) is 19.0. The van der Waals surface area contributed by atoms with Crippen molar-refractivity contribution in [3.8, 4) is 5.75 Å².